The summed E-state index contributed by atoms with van der Waals surface area (Å²) in [5.74, 6) is 0. The second-order valence-electron chi connectivity index (χ2n) is 5.03. The van der Waals surface area contributed by atoms with Crippen molar-refractivity contribution in [3.05, 3.63) is 21.6 Å². The Morgan fingerprint density at radius 2 is 2.25 bits per heavy atom. The van der Waals surface area contributed by atoms with Gasteiger partial charge in [-0.2, -0.15) is 5.10 Å². The van der Waals surface area contributed by atoms with Gasteiger partial charge in [-0.15, -0.1) is 0 Å². The molecule has 6 nitrogen and oxygen atoms in total. The van der Waals surface area contributed by atoms with Crippen molar-refractivity contribution >= 4 is 17.3 Å². The monoisotopic (exact) mass is 302 g/mol. The SMILES string of the molecule is CCCC(O)CNc1cnn(CCN(C)C)c(=O)c1Cl. The quantitative estimate of drug-likeness (QED) is 0.750. The fraction of sp³-hybridized carbons (Fsp3) is 0.692. The number of halogens is 1. The first-order valence-corrected chi connectivity index (χ1v) is 7.15. The molecule has 0 bridgehead atoms. The standard InChI is InChI=1S/C13H23ClN4O2/c1-4-5-10(19)8-15-11-9-16-18(7-6-17(2)3)13(20)12(11)14/h9-10,15,19H,4-8H2,1-3H3. The lowest BCUT2D eigenvalue weighted by Gasteiger charge is -2.14. The predicted octanol–water partition coefficient (Wildman–Crippen LogP) is 1.03. The van der Waals surface area contributed by atoms with E-state index in [1.54, 1.807) is 0 Å². The van der Waals surface area contributed by atoms with E-state index in [1.165, 1.54) is 10.9 Å². The zero-order valence-electron chi connectivity index (χ0n) is 12.3. The van der Waals surface area contributed by atoms with E-state index in [9.17, 15) is 9.90 Å². The van der Waals surface area contributed by atoms with Crippen molar-refractivity contribution < 1.29 is 5.11 Å². The summed E-state index contributed by atoms with van der Waals surface area (Å²) >= 11 is 6.04. The van der Waals surface area contributed by atoms with Crippen molar-refractivity contribution in [2.45, 2.75) is 32.4 Å². The molecule has 1 atom stereocenters. The van der Waals surface area contributed by atoms with Crippen molar-refractivity contribution in [2.75, 3.05) is 32.5 Å². The third-order valence-electron chi connectivity index (χ3n) is 2.89. The molecule has 0 amide bonds. The highest BCUT2D eigenvalue weighted by atomic mass is 35.5. The highest BCUT2D eigenvalue weighted by molar-refractivity contribution is 6.32. The number of nitrogens with zero attached hydrogens (tertiary/aromatic N) is 3. The van der Waals surface area contributed by atoms with Crippen LogP contribution in [0.15, 0.2) is 11.0 Å². The molecule has 0 saturated carbocycles. The van der Waals surface area contributed by atoms with Gasteiger partial charge in [0.25, 0.3) is 5.56 Å². The molecular formula is C13H23ClN4O2. The Hall–Kier alpha value is -1.11. The Morgan fingerprint density at radius 1 is 1.55 bits per heavy atom. The van der Waals surface area contributed by atoms with Crippen LogP contribution in [0.1, 0.15) is 19.8 Å². The zero-order valence-corrected chi connectivity index (χ0v) is 13.0. The largest absolute Gasteiger partial charge is 0.391 e. The number of hydrogen-bond acceptors (Lipinski definition) is 5. The van der Waals surface area contributed by atoms with E-state index >= 15 is 0 Å². The second-order valence-corrected chi connectivity index (χ2v) is 5.41. The summed E-state index contributed by atoms with van der Waals surface area (Å²) < 4.78 is 1.34. The zero-order chi connectivity index (χ0) is 15.1. The molecule has 1 heterocycles. The molecule has 1 aromatic heterocycles. The Balaban J connectivity index is 2.71. The third-order valence-corrected chi connectivity index (χ3v) is 3.26. The molecule has 0 radical (unpaired) electrons. The fourth-order valence-corrected chi connectivity index (χ4v) is 1.92. The van der Waals surface area contributed by atoms with Crippen LogP contribution in [0.4, 0.5) is 5.69 Å². The van der Waals surface area contributed by atoms with E-state index in [1.807, 2.05) is 25.9 Å². The van der Waals surface area contributed by atoms with E-state index in [-0.39, 0.29) is 10.6 Å². The van der Waals surface area contributed by atoms with Gasteiger partial charge in [-0.1, -0.05) is 24.9 Å². The molecule has 0 fully saturated rings. The van der Waals surface area contributed by atoms with Gasteiger partial charge in [0.05, 0.1) is 24.5 Å². The Kier molecular flexibility index (Phi) is 6.98. The number of hydrogen-bond donors (Lipinski definition) is 2. The molecule has 1 aromatic rings. The van der Waals surface area contributed by atoms with Crippen molar-refractivity contribution in [2.24, 2.45) is 0 Å². The molecule has 0 saturated heterocycles. The van der Waals surface area contributed by atoms with Crippen LogP contribution in [0.5, 0.6) is 0 Å². The second kappa shape index (κ2) is 8.24. The van der Waals surface area contributed by atoms with Gasteiger partial charge in [-0.25, -0.2) is 4.68 Å². The van der Waals surface area contributed by atoms with E-state index in [2.05, 4.69) is 10.4 Å². The predicted molar refractivity (Wildman–Crippen MR) is 81.5 cm³/mol. The van der Waals surface area contributed by atoms with Crippen molar-refractivity contribution in [3.63, 3.8) is 0 Å². The highest BCUT2D eigenvalue weighted by Gasteiger charge is 2.10. The summed E-state index contributed by atoms with van der Waals surface area (Å²) in [6.07, 6.45) is 2.68. The summed E-state index contributed by atoms with van der Waals surface area (Å²) in [7, 11) is 3.86. The molecule has 0 spiro atoms. The van der Waals surface area contributed by atoms with Gasteiger partial charge >= 0.3 is 0 Å². The number of nitrogens with one attached hydrogen (secondary N) is 1. The lowest BCUT2D eigenvalue weighted by molar-refractivity contribution is 0.176. The minimum absolute atomic E-state index is 0.113. The number of anilines is 1. The minimum atomic E-state index is -0.452. The molecule has 0 aromatic carbocycles. The number of aliphatic hydroxyl groups is 1. The molecule has 1 unspecified atom stereocenters. The molecule has 0 aliphatic rings. The average molecular weight is 303 g/mol. The molecule has 20 heavy (non-hydrogen) atoms. The van der Waals surface area contributed by atoms with Crippen LogP contribution in [-0.4, -0.2) is 53.1 Å². The maximum absolute atomic E-state index is 12.0. The molecule has 0 aliphatic carbocycles. The molecule has 2 N–H and O–H groups in total. The van der Waals surface area contributed by atoms with Gasteiger partial charge in [0.1, 0.15) is 5.02 Å². The van der Waals surface area contributed by atoms with Crippen LogP contribution < -0.4 is 10.9 Å². The number of likely N-dealkylation sites (N-methyl/N-ethyl adjacent to an activating group) is 1. The van der Waals surface area contributed by atoms with Gasteiger partial charge in [-0.05, 0) is 20.5 Å². The van der Waals surface area contributed by atoms with Crippen LogP contribution in [0, 0.1) is 0 Å². The lowest BCUT2D eigenvalue weighted by Crippen LogP contribution is -2.30. The van der Waals surface area contributed by atoms with E-state index in [0.717, 1.165) is 6.42 Å². The molecule has 1 rings (SSSR count). The molecule has 114 valence electrons. The van der Waals surface area contributed by atoms with Gasteiger partial charge in [0.15, 0.2) is 0 Å². The highest BCUT2D eigenvalue weighted by Crippen LogP contribution is 2.15. The first-order valence-electron chi connectivity index (χ1n) is 6.78. The maximum Gasteiger partial charge on any atom is 0.287 e. The van der Waals surface area contributed by atoms with Gasteiger partial charge in [-0.3, -0.25) is 4.79 Å². The first kappa shape index (κ1) is 16.9. The number of aliphatic hydroxyl groups excluding tert-OH is 1. The molecule has 7 heteroatoms. The summed E-state index contributed by atoms with van der Waals surface area (Å²) in [5, 5.41) is 16.8. The van der Waals surface area contributed by atoms with Crippen LogP contribution in [0.2, 0.25) is 5.02 Å². The summed E-state index contributed by atoms with van der Waals surface area (Å²) in [6, 6.07) is 0. The van der Waals surface area contributed by atoms with Crippen LogP contribution in [0.25, 0.3) is 0 Å². The van der Waals surface area contributed by atoms with E-state index in [0.29, 0.717) is 31.7 Å². The van der Waals surface area contributed by atoms with Crippen LogP contribution in [-0.2, 0) is 6.54 Å². The van der Waals surface area contributed by atoms with Gasteiger partial charge < -0.3 is 15.3 Å². The van der Waals surface area contributed by atoms with Crippen molar-refractivity contribution in [1.82, 2.24) is 14.7 Å². The van der Waals surface area contributed by atoms with Crippen molar-refractivity contribution in [1.29, 1.82) is 0 Å². The van der Waals surface area contributed by atoms with Crippen LogP contribution >= 0.6 is 11.6 Å². The summed E-state index contributed by atoms with van der Waals surface area (Å²) in [4.78, 5) is 14.0. The smallest absolute Gasteiger partial charge is 0.287 e. The van der Waals surface area contributed by atoms with Crippen molar-refractivity contribution in [3.8, 4) is 0 Å². The maximum atomic E-state index is 12.0. The van der Waals surface area contributed by atoms with Gasteiger partial charge in [0.2, 0.25) is 0 Å². The lowest BCUT2D eigenvalue weighted by atomic mass is 10.2. The number of aromatic nitrogens is 2. The topological polar surface area (TPSA) is 70.4 Å². The summed E-state index contributed by atoms with van der Waals surface area (Å²) in [5.41, 5.74) is 0.149. The Bertz CT molecular complexity index is 476. The Morgan fingerprint density at radius 3 is 2.85 bits per heavy atom. The average Bonchev–Trinajstić information content (AvgIpc) is 2.39. The fourth-order valence-electron chi connectivity index (χ4n) is 1.71. The number of rotatable bonds is 8. The normalized spacial score (nSPS) is 12.7. The van der Waals surface area contributed by atoms with Crippen LogP contribution in [0.3, 0.4) is 0 Å². The first-order chi connectivity index (χ1) is 9.45. The summed E-state index contributed by atoms with van der Waals surface area (Å²) in [6.45, 7) is 3.57. The Labute approximate surface area is 124 Å². The molecular weight excluding hydrogens is 280 g/mol. The van der Waals surface area contributed by atoms with Gasteiger partial charge in [0, 0.05) is 13.1 Å². The molecule has 0 aliphatic heterocycles. The van der Waals surface area contributed by atoms with E-state index in [4.69, 9.17) is 11.6 Å². The van der Waals surface area contributed by atoms with E-state index < -0.39 is 6.10 Å². The third kappa shape index (κ3) is 5.11. The minimum Gasteiger partial charge on any atom is -0.391 e.